The topological polar surface area (TPSA) is 65.9 Å². The second-order valence-corrected chi connectivity index (χ2v) is 4.37. The van der Waals surface area contributed by atoms with Crippen LogP contribution in [0.5, 0.6) is 11.5 Å². The average Bonchev–Trinajstić information content (AvgIpc) is 2.77. The van der Waals surface area contributed by atoms with Gasteiger partial charge >= 0.3 is 12.1 Å². The number of carbonyl (C=O) groups is 1. The minimum atomic E-state index is -4.92. The lowest BCUT2D eigenvalue weighted by atomic mass is 10.1. The Bertz CT molecular complexity index is 543. The van der Waals surface area contributed by atoms with Crippen LogP contribution < -0.4 is 15.2 Å². The third kappa shape index (κ3) is 18.8. The number of hydrogen-bond acceptors (Lipinski definition) is 4. The Morgan fingerprint density at radius 3 is 1.79 bits per heavy atom. The molecule has 0 spiro atoms. The summed E-state index contributed by atoms with van der Waals surface area (Å²) in [5.74, 6) is -0.694. The quantitative estimate of drug-likeness (QED) is 0.561. The van der Waals surface area contributed by atoms with E-state index in [-0.39, 0.29) is 0 Å². The van der Waals surface area contributed by atoms with E-state index in [0.717, 1.165) is 37.3 Å². The molecule has 0 atom stereocenters. The molecule has 0 aliphatic heterocycles. The van der Waals surface area contributed by atoms with E-state index in [9.17, 15) is 18.0 Å². The normalized spacial score (nSPS) is 8.66. The lowest BCUT2D eigenvalue weighted by Crippen LogP contribution is -2.18. The van der Waals surface area contributed by atoms with Gasteiger partial charge in [0.1, 0.15) is 0 Å². The van der Waals surface area contributed by atoms with E-state index in [4.69, 9.17) is 15.2 Å². The molecule has 0 unspecified atom stereocenters. The summed E-state index contributed by atoms with van der Waals surface area (Å²) < 4.78 is 43.2. The van der Waals surface area contributed by atoms with Crippen LogP contribution in [-0.2, 0) is 11.2 Å². The fraction of sp³-hybridized carbons (Fsp3) is 0.619. The van der Waals surface area contributed by atoms with E-state index < -0.39 is 12.1 Å². The molecule has 0 aromatic heterocycles. The number of hydrogen-bond donors (Lipinski definition) is 1. The first-order valence-corrected chi connectivity index (χ1v) is 9.73. The maximum atomic E-state index is 10.9. The number of halogens is 3. The smallest absolute Gasteiger partial charge is 0.493 e. The van der Waals surface area contributed by atoms with Gasteiger partial charge in [-0.1, -0.05) is 47.6 Å². The zero-order chi connectivity index (χ0) is 23.9. The minimum absolute atomic E-state index is 0.757. The molecule has 8 heteroatoms. The summed E-state index contributed by atoms with van der Waals surface area (Å²) in [6.45, 7) is 16.8. The van der Waals surface area contributed by atoms with Crippen LogP contribution in [0.3, 0.4) is 0 Å². The molecule has 1 rings (SSSR count). The predicted octanol–water partition coefficient (Wildman–Crippen LogP) is 6.10. The van der Waals surface area contributed by atoms with Crippen LogP contribution >= 0.6 is 0 Å². The van der Waals surface area contributed by atoms with Gasteiger partial charge in [0.15, 0.2) is 11.5 Å². The molecule has 0 aliphatic rings. The number of aryl methyl sites for hydroxylation is 1. The number of carbonyl (C=O) groups excluding carboxylic acids is 1. The van der Waals surface area contributed by atoms with Crippen molar-refractivity contribution in [2.75, 3.05) is 20.8 Å². The van der Waals surface area contributed by atoms with Crippen molar-refractivity contribution in [1.82, 2.24) is 0 Å². The lowest BCUT2D eigenvalue weighted by Gasteiger charge is -2.09. The van der Waals surface area contributed by atoms with Gasteiger partial charge in [-0.05, 0) is 43.5 Å². The summed E-state index contributed by atoms with van der Waals surface area (Å²) in [5, 5.41) is 0. The molecule has 2 N–H and O–H groups in total. The number of benzene rings is 1. The Labute approximate surface area is 174 Å². The van der Waals surface area contributed by atoms with E-state index in [2.05, 4.69) is 12.6 Å². The van der Waals surface area contributed by atoms with Crippen molar-refractivity contribution in [3.63, 3.8) is 0 Å². The van der Waals surface area contributed by atoms with Crippen LogP contribution in [0.15, 0.2) is 18.2 Å². The molecule has 0 saturated carbocycles. The number of methoxy groups -OCH3 is 2. The summed E-state index contributed by atoms with van der Waals surface area (Å²) in [4.78, 5) is 11.3. The van der Waals surface area contributed by atoms with Crippen molar-refractivity contribution in [2.45, 2.75) is 67.0 Å². The predicted molar refractivity (Wildman–Crippen MR) is 115 cm³/mol. The number of unbranched alkanes of at least 4 members (excludes halogenated alkanes) is 1. The standard InChI is InChI=1S/C12H19NO2.C3HF3NO.3C2H6/c1-14-11-7-6-10(5-3-4-8-13)9-12(11)15-2;1-7-2(8)3(4,5)6;3*1-2/h6-7,9H,3-5,8,13H2,1-2H3;1H;3*1-2H3/q;+1;;;. The second kappa shape index (κ2) is 23.8. The third-order valence-electron chi connectivity index (χ3n) is 2.73. The van der Waals surface area contributed by atoms with Gasteiger partial charge in [0.2, 0.25) is 0 Å². The van der Waals surface area contributed by atoms with Gasteiger partial charge < -0.3 is 15.2 Å². The van der Waals surface area contributed by atoms with Crippen LogP contribution in [0.4, 0.5) is 13.2 Å². The lowest BCUT2D eigenvalue weighted by molar-refractivity contribution is -0.165. The first-order valence-electron chi connectivity index (χ1n) is 9.73. The van der Waals surface area contributed by atoms with Gasteiger partial charge in [-0.25, -0.2) is 0 Å². The molecule has 5 nitrogen and oxygen atoms in total. The molecule has 1 aromatic carbocycles. The zero-order valence-electron chi connectivity index (χ0n) is 19.0. The maximum absolute atomic E-state index is 10.9. The summed E-state index contributed by atoms with van der Waals surface area (Å²) in [7, 11) is 3.30. The van der Waals surface area contributed by atoms with Gasteiger partial charge in [-0.15, -0.1) is 0 Å². The SMILES string of the molecule is C#[N+]C(=O)C(F)(F)F.CC.CC.CC.COc1ccc(CCCCN)cc1OC. The van der Waals surface area contributed by atoms with E-state index in [1.165, 1.54) is 5.56 Å². The van der Waals surface area contributed by atoms with Crippen LogP contribution in [0, 0.1) is 6.57 Å². The molecule has 0 aliphatic carbocycles. The van der Waals surface area contributed by atoms with E-state index in [1.807, 2.05) is 58.5 Å². The Morgan fingerprint density at radius 2 is 1.48 bits per heavy atom. The molecule has 0 fully saturated rings. The number of alkyl halides is 3. The third-order valence-corrected chi connectivity index (χ3v) is 2.73. The largest absolute Gasteiger partial charge is 0.621 e. The second-order valence-electron chi connectivity index (χ2n) is 4.37. The first kappa shape index (κ1) is 34.3. The molecule has 29 heavy (non-hydrogen) atoms. The minimum Gasteiger partial charge on any atom is -0.493 e. The molecular formula is C21H38F3N2O3+. The first-order chi connectivity index (χ1) is 13.8. The van der Waals surface area contributed by atoms with E-state index >= 15 is 0 Å². The number of rotatable bonds is 6. The average molecular weight is 424 g/mol. The van der Waals surface area contributed by atoms with E-state index in [1.54, 1.807) is 14.2 Å². The van der Waals surface area contributed by atoms with Crippen molar-refractivity contribution in [3.05, 3.63) is 28.6 Å². The highest BCUT2D eigenvalue weighted by Gasteiger charge is 2.49. The van der Waals surface area contributed by atoms with Crippen molar-refractivity contribution >= 4 is 5.91 Å². The number of nitrogens with zero attached hydrogens (tertiary/aromatic N) is 1. The van der Waals surface area contributed by atoms with Crippen LogP contribution in [0.2, 0.25) is 0 Å². The van der Waals surface area contributed by atoms with Gasteiger partial charge in [0.25, 0.3) is 6.57 Å². The Morgan fingerprint density at radius 1 is 1.00 bits per heavy atom. The molecule has 170 valence electrons. The molecule has 1 aromatic rings. The van der Waals surface area contributed by atoms with E-state index in [0.29, 0.717) is 0 Å². The number of amides is 1. The summed E-state index contributed by atoms with van der Waals surface area (Å²) in [6.07, 6.45) is -1.70. The maximum Gasteiger partial charge on any atom is 0.621 e. The number of ether oxygens (including phenoxy) is 2. The number of nitrogens with two attached hydrogens (primary N) is 1. The van der Waals surface area contributed by atoms with Gasteiger partial charge in [-0.3, -0.25) is 0 Å². The summed E-state index contributed by atoms with van der Waals surface area (Å²) in [5.41, 5.74) is 6.71. The highest BCUT2D eigenvalue weighted by molar-refractivity contribution is 5.91. The molecule has 0 saturated heterocycles. The summed E-state index contributed by atoms with van der Waals surface area (Å²) in [6, 6.07) is 6.03. The Hall–Kier alpha value is -2.27. The molecule has 1 amide bonds. The molecule has 0 heterocycles. The van der Waals surface area contributed by atoms with Crippen LogP contribution in [-0.4, -0.2) is 32.8 Å². The summed E-state index contributed by atoms with van der Waals surface area (Å²) >= 11 is 0. The van der Waals surface area contributed by atoms with Crippen molar-refractivity contribution in [1.29, 1.82) is 0 Å². The van der Waals surface area contributed by atoms with Gasteiger partial charge in [0, 0.05) is 4.85 Å². The van der Waals surface area contributed by atoms with Crippen molar-refractivity contribution < 1.29 is 27.4 Å². The van der Waals surface area contributed by atoms with Crippen molar-refractivity contribution in [3.8, 4) is 18.1 Å². The van der Waals surface area contributed by atoms with Crippen LogP contribution in [0.25, 0.3) is 4.85 Å². The van der Waals surface area contributed by atoms with Crippen LogP contribution in [0.1, 0.15) is 59.9 Å². The van der Waals surface area contributed by atoms with Gasteiger partial charge in [0.05, 0.1) is 14.2 Å². The highest BCUT2D eigenvalue weighted by atomic mass is 19.4. The monoisotopic (exact) mass is 423 g/mol. The highest BCUT2D eigenvalue weighted by Crippen LogP contribution is 2.28. The zero-order valence-corrected chi connectivity index (χ0v) is 19.0. The Balaban J connectivity index is -0.000000189. The van der Waals surface area contributed by atoms with Crippen molar-refractivity contribution in [2.24, 2.45) is 5.73 Å². The van der Waals surface area contributed by atoms with Gasteiger partial charge in [-0.2, -0.15) is 18.0 Å². The molecule has 0 bridgehead atoms. The fourth-order valence-electron chi connectivity index (χ4n) is 1.58. The molecular weight excluding hydrogens is 385 g/mol. The Kier molecular flexibility index (Phi) is 28.1. The fourth-order valence-corrected chi connectivity index (χ4v) is 1.58. The molecule has 0 radical (unpaired) electrons.